The minimum Gasteiger partial charge on any atom is -0.365 e. The molecule has 0 unspecified atom stereocenters. The van der Waals surface area contributed by atoms with Gasteiger partial charge in [0, 0.05) is 10.8 Å². The van der Waals surface area contributed by atoms with E-state index in [4.69, 9.17) is 5.73 Å². The molecule has 3 atom stereocenters. The first-order valence-electron chi connectivity index (χ1n) is 7.74. The molecule has 2 amide bonds. The number of aryl methyl sites for hydroxylation is 1. The van der Waals surface area contributed by atoms with Crippen LogP contribution >= 0.6 is 11.3 Å². The predicted octanol–water partition coefficient (Wildman–Crippen LogP) is 3.09. The molecule has 21 heavy (non-hydrogen) atoms. The highest BCUT2D eigenvalue weighted by Gasteiger charge is 2.43. The summed E-state index contributed by atoms with van der Waals surface area (Å²) in [7, 11) is 0. The van der Waals surface area contributed by atoms with E-state index in [-0.39, 0.29) is 11.8 Å². The van der Waals surface area contributed by atoms with E-state index < -0.39 is 5.91 Å². The Morgan fingerprint density at radius 1 is 1.33 bits per heavy atom. The maximum absolute atomic E-state index is 12.5. The number of nitrogens with two attached hydrogens (primary N) is 1. The molecule has 4 nitrogen and oxygen atoms in total. The fourth-order valence-corrected chi connectivity index (χ4v) is 5.28. The van der Waals surface area contributed by atoms with Crippen LogP contribution in [0.15, 0.2) is 0 Å². The third kappa shape index (κ3) is 2.48. The van der Waals surface area contributed by atoms with Crippen molar-refractivity contribution in [2.24, 2.45) is 23.5 Å². The van der Waals surface area contributed by atoms with Gasteiger partial charge in [0.2, 0.25) is 5.91 Å². The minimum atomic E-state index is -0.445. The van der Waals surface area contributed by atoms with Crippen LogP contribution in [0.3, 0.4) is 0 Å². The lowest BCUT2D eigenvalue weighted by atomic mass is 9.88. The number of thiophene rings is 1. The van der Waals surface area contributed by atoms with Gasteiger partial charge in [-0.25, -0.2) is 0 Å². The Kier molecular flexibility index (Phi) is 3.78. The molecule has 3 N–H and O–H groups in total. The number of primary amides is 1. The van der Waals surface area contributed by atoms with Crippen molar-refractivity contribution in [1.29, 1.82) is 0 Å². The number of nitrogens with one attached hydrogen (secondary N) is 1. The SMILES string of the molecule is CCc1c(C)sc(NC(=O)[C@@H]2C[C@H]3CC[C@@H]2C3)c1C(N)=O. The Morgan fingerprint density at radius 2 is 2.10 bits per heavy atom. The molecule has 2 saturated carbocycles. The van der Waals surface area contributed by atoms with Crippen LogP contribution in [0.25, 0.3) is 0 Å². The summed E-state index contributed by atoms with van der Waals surface area (Å²) in [6.45, 7) is 3.98. The fraction of sp³-hybridized carbons (Fsp3) is 0.625. The molecule has 5 heteroatoms. The highest BCUT2D eigenvalue weighted by Crippen LogP contribution is 2.48. The number of fused-ring (bicyclic) bond motifs is 2. The van der Waals surface area contributed by atoms with Gasteiger partial charge in [0.15, 0.2) is 0 Å². The first-order valence-corrected chi connectivity index (χ1v) is 8.55. The molecule has 1 aromatic heterocycles. The molecule has 0 aliphatic heterocycles. The van der Waals surface area contributed by atoms with E-state index in [0.717, 1.165) is 29.2 Å². The molecule has 0 aromatic carbocycles. The van der Waals surface area contributed by atoms with Crippen LogP contribution in [0.4, 0.5) is 5.00 Å². The zero-order valence-corrected chi connectivity index (χ0v) is 13.4. The third-order valence-corrected chi connectivity index (χ3v) is 6.18. The summed E-state index contributed by atoms with van der Waals surface area (Å²) in [4.78, 5) is 25.3. The lowest BCUT2D eigenvalue weighted by molar-refractivity contribution is -0.121. The lowest BCUT2D eigenvalue weighted by Gasteiger charge is -2.20. The lowest BCUT2D eigenvalue weighted by Crippen LogP contribution is -2.28. The monoisotopic (exact) mass is 306 g/mol. The first-order chi connectivity index (χ1) is 10.0. The highest BCUT2D eigenvalue weighted by atomic mass is 32.1. The average molecular weight is 306 g/mol. The minimum absolute atomic E-state index is 0.0774. The van der Waals surface area contributed by atoms with Gasteiger partial charge in [-0.3, -0.25) is 9.59 Å². The van der Waals surface area contributed by atoms with Gasteiger partial charge in [0.25, 0.3) is 5.91 Å². The van der Waals surface area contributed by atoms with E-state index in [9.17, 15) is 9.59 Å². The molecule has 1 heterocycles. The molecule has 114 valence electrons. The van der Waals surface area contributed by atoms with Gasteiger partial charge in [-0.05, 0) is 50.0 Å². The Balaban J connectivity index is 1.81. The molecule has 1 aromatic rings. The normalized spacial score (nSPS) is 27.0. The van der Waals surface area contributed by atoms with Gasteiger partial charge in [-0.2, -0.15) is 0 Å². The second-order valence-electron chi connectivity index (χ2n) is 6.33. The largest absolute Gasteiger partial charge is 0.365 e. The summed E-state index contributed by atoms with van der Waals surface area (Å²) in [5.41, 5.74) is 6.99. The van der Waals surface area contributed by atoms with Gasteiger partial charge in [-0.15, -0.1) is 11.3 Å². The van der Waals surface area contributed by atoms with E-state index in [1.807, 2.05) is 13.8 Å². The summed E-state index contributed by atoms with van der Waals surface area (Å²) >= 11 is 1.47. The van der Waals surface area contributed by atoms with E-state index in [0.29, 0.717) is 16.5 Å². The standard InChI is InChI=1S/C16H22N2O2S/c1-3-11-8(2)21-16(13(11)14(17)19)18-15(20)12-7-9-4-5-10(12)6-9/h9-10,12H,3-7H2,1-2H3,(H2,17,19)(H,18,20)/t9-,10+,12+/m0/s1. The summed E-state index contributed by atoms with van der Waals surface area (Å²) in [5, 5.41) is 3.64. The zero-order chi connectivity index (χ0) is 15.1. The number of anilines is 1. The second-order valence-corrected chi connectivity index (χ2v) is 7.55. The third-order valence-electron chi connectivity index (χ3n) is 5.12. The second kappa shape index (κ2) is 5.44. The summed E-state index contributed by atoms with van der Waals surface area (Å²) < 4.78 is 0. The molecule has 2 bridgehead atoms. The molecule has 0 saturated heterocycles. The summed E-state index contributed by atoms with van der Waals surface area (Å²) in [6, 6.07) is 0. The van der Waals surface area contributed by atoms with Crippen molar-refractivity contribution < 1.29 is 9.59 Å². The van der Waals surface area contributed by atoms with E-state index >= 15 is 0 Å². The fourth-order valence-electron chi connectivity index (χ4n) is 4.12. The molecule has 2 aliphatic carbocycles. The van der Waals surface area contributed by atoms with Crippen LogP contribution in [-0.4, -0.2) is 11.8 Å². The van der Waals surface area contributed by atoms with E-state index in [2.05, 4.69) is 5.32 Å². The van der Waals surface area contributed by atoms with Crippen molar-refractivity contribution >= 4 is 28.2 Å². The number of hydrogen-bond acceptors (Lipinski definition) is 3. The molecular weight excluding hydrogens is 284 g/mol. The number of amides is 2. The summed E-state index contributed by atoms with van der Waals surface area (Å²) in [6.07, 6.45) is 5.41. The van der Waals surface area contributed by atoms with E-state index in [1.165, 1.54) is 30.6 Å². The highest BCUT2D eigenvalue weighted by molar-refractivity contribution is 7.16. The number of carbonyl (C=O) groups excluding carboxylic acids is 2. The average Bonchev–Trinajstić information content (AvgIpc) is 3.11. The number of carbonyl (C=O) groups is 2. The van der Waals surface area contributed by atoms with Crippen molar-refractivity contribution in [3.05, 3.63) is 16.0 Å². The van der Waals surface area contributed by atoms with Gasteiger partial charge in [0.1, 0.15) is 5.00 Å². The molecule has 2 fully saturated rings. The smallest absolute Gasteiger partial charge is 0.251 e. The Hall–Kier alpha value is -1.36. The summed E-state index contributed by atoms with van der Waals surface area (Å²) in [5.74, 6) is 1.03. The van der Waals surface area contributed by atoms with Crippen molar-refractivity contribution in [3.8, 4) is 0 Å². The van der Waals surface area contributed by atoms with Gasteiger partial charge in [0.05, 0.1) is 5.56 Å². The Morgan fingerprint density at radius 3 is 2.62 bits per heavy atom. The van der Waals surface area contributed by atoms with Crippen LogP contribution < -0.4 is 11.1 Å². The van der Waals surface area contributed by atoms with Crippen LogP contribution in [0.1, 0.15) is 53.4 Å². The van der Waals surface area contributed by atoms with Crippen LogP contribution in [0, 0.1) is 24.7 Å². The molecular formula is C16H22N2O2S. The number of hydrogen-bond donors (Lipinski definition) is 2. The van der Waals surface area contributed by atoms with Crippen LogP contribution in [-0.2, 0) is 11.2 Å². The molecule has 2 aliphatic rings. The van der Waals surface area contributed by atoms with Crippen molar-refractivity contribution in [2.45, 2.75) is 46.0 Å². The maximum atomic E-state index is 12.5. The molecule has 0 radical (unpaired) electrons. The first kappa shape index (κ1) is 14.6. The molecule has 0 spiro atoms. The number of rotatable bonds is 4. The van der Waals surface area contributed by atoms with Gasteiger partial charge in [-0.1, -0.05) is 13.3 Å². The Bertz CT molecular complexity index is 593. The van der Waals surface area contributed by atoms with E-state index in [1.54, 1.807) is 0 Å². The molecule has 3 rings (SSSR count). The maximum Gasteiger partial charge on any atom is 0.251 e. The van der Waals surface area contributed by atoms with Crippen molar-refractivity contribution in [3.63, 3.8) is 0 Å². The van der Waals surface area contributed by atoms with Crippen LogP contribution in [0.5, 0.6) is 0 Å². The van der Waals surface area contributed by atoms with Crippen molar-refractivity contribution in [1.82, 2.24) is 0 Å². The Labute approximate surface area is 129 Å². The van der Waals surface area contributed by atoms with Gasteiger partial charge < -0.3 is 11.1 Å². The predicted molar refractivity (Wildman–Crippen MR) is 84.5 cm³/mol. The van der Waals surface area contributed by atoms with Gasteiger partial charge >= 0.3 is 0 Å². The topological polar surface area (TPSA) is 72.2 Å². The van der Waals surface area contributed by atoms with Crippen molar-refractivity contribution in [2.75, 3.05) is 5.32 Å². The quantitative estimate of drug-likeness (QED) is 0.897. The van der Waals surface area contributed by atoms with Crippen LogP contribution in [0.2, 0.25) is 0 Å². The zero-order valence-electron chi connectivity index (χ0n) is 12.6.